The Balaban J connectivity index is 1.83. The topological polar surface area (TPSA) is 38.5 Å². The van der Waals surface area contributed by atoms with Crippen LogP contribution in [0.1, 0.15) is 50.3 Å². The Kier molecular flexibility index (Phi) is 4.23. The van der Waals surface area contributed by atoms with Crippen LogP contribution < -0.4 is 10.5 Å². The van der Waals surface area contributed by atoms with Gasteiger partial charge in [0.2, 0.25) is 0 Å². The lowest BCUT2D eigenvalue weighted by Crippen LogP contribution is -2.49. The monoisotopic (exact) mass is 288 g/mol. The number of nitrogens with zero attached hydrogens (tertiary/aromatic N) is 1. The molecule has 0 heterocycles. The highest BCUT2D eigenvalue weighted by atomic mass is 16.5. The lowest BCUT2D eigenvalue weighted by atomic mass is 9.83. The summed E-state index contributed by atoms with van der Waals surface area (Å²) in [6, 6.07) is 7.51. The molecular weight excluding hydrogens is 260 g/mol. The van der Waals surface area contributed by atoms with E-state index in [1.54, 1.807) is 7.11 Å². The van der Waals surface area contributed by atoms with Crippen molar-refractivity contribution in [2.45, 2.75) is 57.7 Å². The van der Waals surface area contributed by atoms with E-state index in [9.17, 15) is 0 Å². The first-order chi connectivity index (χ1) is 10.1. The molecule has 21 heavy (non-hydrogen) atoms. The molecule has 1 aromatic carbocycles. The van der Waals surface area contributed by atoms with E-state index in [0.29, 0.717) is 12.1 Å². The summed E-state index contributed by atoms with van der Waals surface area (Å²) in [7, 11) is 1.72. The molecule has 2 atom stereocenters. The zero-order chi connectivity index (χ0) is 15.0. The van der Waals surface area contributed by atoms with Crippen molar-refractivity contribution < 1.29 is 4.74 Å². The molecule has 0 aliphatic heterocycles. The van der Waals surface area contributed by atoms with Gasteiger partial charge in [0.05, 0.1) is 7.11 Å². The van der Waals surface area contributed by atoms with E-state index in [0.717, 1.165) is 18.1 Å². The number of ether oxygens (including phenoxy) is 1. The van der Waals surface area contributed by atoms with Crippen LogP contribution in [-0.4, -0.2) is 30.6 Å². The number of fused-ring (bicyclic) bond motifs is 1. The van der Waals surface area contributed by atoms with Crippen LogP contribution in [0, 0.1) is 5.92 Å². The number of methoxy groups -OCH3 is 1. The van der Waals surface area contributed by atoms with Crippen LogP contribution in [0.15, 0.2) is 18.2 Å². The van der Waals surface area contributed by atoms with Crippen molar-refractivity contribution in [1.29, 1.82) is 0 Å². The fourth-order valence-electron chi connectivity index (χ4n) is 3.63. The molecular formula is C18H28N2O. The molecule has 0 amide bonds. The Morgan fingerprint density at radius 2 is 2.05 bits per heavy atom. The number of rotatable bonds is 5. The Morgan fingerprint density at radius 3 is 2.67 bits per heavy atom. The van der Waals surface area contributed by atoms with Gasteiger partial charge in [0.15, 0.2) is 0 Å². The summed E-state index contributed by atoms with van der Waals surface area (Å²) in [5.74, 6) is 1.83. The predicted octanol–water partition coefficient (Wildman–Crippen LogP) is 3.13. The number of aryl methyl sites for hydroxylation is 1. The van der Waals surface area contributed by atoms with Gasteiger partial charge in [0, 0.05) is 24.7 Å². The van der Waals surface area contributed by atoms with Crippen LogP contribution in [0.3, 0.4) is 0 Å². The molecule has 2 N–H and O–H groups in total. The van der Waals surface area contributed by atoms with E-state index in [2.05, 4.69) is 36.9 Å². The average molecular weight is 288 g/mol. The Labute approximate surface area is 128 Å². The van der Waals surface area contributed by atoms with E-state index in [1.165, 1.54) is 36.9 Å². The van der Waals surface area contributed by atoms with Crippen molar-refractivity contribution >= 4 is 0 Å². The van der Waals surface area contributed by atoms with Gasteiger partial charge in [0.1, 0.15) is 5.75 Å². The number of nitrogens with two attached hydrogens (primary N) is 1. The molecule has 3 rings (SSSR count). The van der Waals surface area contributed by atoms with Gasteiger partial charge in [-0.05, 0) is 68.7 Å². The first-order valence-corrected chi connectivity index (χ1v) is 8.28. The first kappa shape index (κ1) is 14.9. The van der Waals surface area contributed by atoms with Crippen LogP contribution in [0.5, 0.6) is 5.75 Å². The van der Waals surface area contributed by atoms with Crippen molar-refractivity contribution in [2.24, 2.45) is 11.7 Å². The van der Waals surface area contributed by atoms with Crippen LogP contribution in [0.25, 0.3) is 0 Å². The molecule has 2 aliphatic rings. The van der Waals surface area contributed by atoms with Gasteiger partial charge in [-0.2, -0.15) is 0 Å². The SMILES string of the molecule is COc1ccc2c(c1)C(N)C(N(CC1CC1)C(C)C)CC2. The Morgan fingerprint density at radius 1 is 1.29 bits per heavy atom. The molecule has 0 aromatic heterocycles. The molecule has 2 aliphatic carbocycles. The number of benzene rings is 1. The molecule has 0 radical (unpaired) electrons. The third-order valence-electron chi connectivity index (χ3n) is 5.09. The summed E-state index contributed by atoms with van der Waals surface area (Å²) >= 11 is 0. The second-order valence-corrected chi connectivity index (χ2v) is 6.93. The van der Waals surface area contributed by atoms with E-state index >= 15 is 0 Å². The quantitative estimate of drug-likeness (QED) is 0.904. The molecule has 1 fully saturated rings. The number of hydrogen-bond acceptors (Lipinski definition) is 3. The van der Waals surface area contributed by atoms with Crippen LogP contribution in [-0.2, 0) is 6.42 Å². The zero-order valence-electron chi connectivity index (χ0n) is 13.5. The molecule has 3 nitrogen and oxygen atoms in total. The Hall–Kier alpha value is -1.06. The standard InChI is InChI=1S/C18H28N2O/c1-12(2)20(11-13-4-5-13)17-9-7-14-6-8-15(21-3)10-16(14)18(17)19/h6,8,10,12-13,17-18H,4-5,7,9,11,19H2,1-3H3. The highest BCUT2D eigenvalue weighted by Crippen LogP contribution is 2.37. The van der Waals surface area contributed by atoms with Gasteiger partial charge in [-0.3, -0.25) is 4.90 Å². The third kappa shape index (κ3) is 3.09. The van der Waals surface area contributed by atoms with Gasteiger partial charge >= 0.3 is 0 Å². The van der Waals surface area contributed by atoms with Crippen LogP contribution in [0.2, 0.25) is 0 Å². The minimum absolute atomic E-state index is 0.102. The van der Waals surface area contributed by atoms with Gasteiger partial charge in [0.25, 0.3) is 0 Å². The maximum Gasteiger partial charge on any atom is 0.119 e. The Bertz CT molecular complexity index is 496. The normalized spacial score (nSPS) is 25.2. The molecule has 116 valence electrons. The lowest BCUT2D eigenvalue weighted by molar-refractivity contribution is 0.113. The molecule has 0 bridgehead atoms. The summed E-state index contributed by atoms with van der Waals surface area (Å²) in [6.07, 6.45) is 5.10. The minimum atomic E-state index is 0.102. The van der Waals surface area contributed by atoms with Crippen LogP contribution in [0.4, 0.5) is 0 Å². The smallest absolute Gasteiger partial charge is 0.119 e. The highest BCUT2D eigenvalue weighted by molar-refractivity contribution is 5.40. The van der Waals surface area contributed by atoms with Crippen molar-refractivity contribution in [1.82, 2.24) is 4.90 Å². The zero-order valence-corrected chi connectivity index (χ0v) is 13.5. The van der Waals surface area contributed by atoms with Gasteiger partial charge < -0.3 is 10.5 Å². The van der Waals surface area contributed by atoms with Gasteiger partial charge in [-0.25, -0.2) is 0 Å². The van der Waals surface area contributed by atoms with E-state index in [1.807, 2.05) is 0 Å². The minimum Gasteiger partial charge on any atom is -0.497 e. The van der Waals surface area contributed by atoms with Gasteiger partial charge in [-0.15, -0.1) is 0 Å². The van der Waals surface area contributed by atoms with E-state index < -0.39 is 0 Å². The molecule has 2 unspecified atom stereocenters. The largest absolute Gasteiger partial charge is 0.497 e. The maximum atomic E-state index is 6.65. The summed E-state index contributed by atoms with van der Waals surface area (Å²) in [4.78, 5) is 2.64. The molecule has 0 saturated heterocycles. The van der Waals surface area contributed by atoms with Crippen molar-refractivity contribution in [2.75, 3.05) is 13.7 Å². The summed E-state index contributed by atoms with van der Waals surface area (Å²) in [6.45, 7) is 5.82. The van der Waals surface area contributed by atoms with E-state index in [4.69, 9.17) is 10.5 Å². The van der Waals surface area contributed by atoms with Gasteiger partial charge in [-0.1, -0.05) is 6.07 Å². The second-order valence-electron chi connectivity index (χ2n) is 6.93. The lowest BCUT2D eigenvalue weighted by Gasteiger charge is -2.42. The van der Waals surface area contributed by atoms with Crippen LogP contribution >= 0.6 is 0 Å². The second kappa shape index (κ2) is 5.98. The first-order valence-electron chi connectivity index (χ1n) is 8.28. The predicted molar refractivity (Wildman–Crippen MR) is 86.6 cm³/mol. The fraction of sp³-hybridized carbons (Fsp3) is 0.667. The maximum absolute atomic E-state index is 6.65. The highest BCUT2D eigenvalue weighted by Gasteiger charge is 2.35. The molecule has 0 spiro atoms. The summed E-state index contributed by atoms with van der Waals surface area (Å²) in [5, 5.41) is 0. The van der Waals surface area contributed by atoms with Crippen molar-refractivity contribution in [3.63, 3.8) is 0 Å². The third-order valence-corrected chi connectivity index (χ3v) is 5.09. The average Bonchev–Trinajstić information content (AvgIpc) is 3.29. The van der Waals surface area contributed by atoms with Crippen molar-refractivity contribution in [3.8, 4) is 5.75 Å². The molecule has 1 aromatic rings. The molecule has 3 heteroatoms. The fourth-order valence-corrected chi connectivity index (χ4v) is 3.63. The summed E-state index contributed by atoms with van der Waals surface area (Å²) in [5.41, 5.74) is 9.33. The van der Waals surface area contributed by atoms with Crippen molar-refractivity contribution in [3.05, 3.63) is 29.3 Å². The van der Waals surface area contributed by atoms with E-state index in [-0.39, 0.29) is 6.04 Å². The summed E-state index contributed by atoms with van der Waals surface area (Å²) < 4.78 is 5.38. The molecule has 1 saturated carbocycles. The number of hydrogen-bond donors (Lipinski definition) is 1.